The van der Waals surface area contributed by atoms with Crippen molar-refractivity contribution in [2.45, 2.75) is 44.7 Å². The maximum absolute atomic E-state index is 13.9. The van der Waals surface area contributed by atoms with Crippen LogP contribution in [0.1, 0.15) is 56.1 Å². The molecule has 0 fully saturated rings. The van der Waals surface area contributed by atoms with Crippen molar-refractivity contribution in [3.05, 3.63) is 111 Å². The third-order valence-corrected chi connectivity index (χ3v) is 11.9. The molecule has 0 atom stereocenters. The number of rotatable bonds is 9. The second-order valence-corrected chi connectivity index (χ2v) is 14.7. The van der Waals surface area contributed by atoms with E-state index in [1.165, 1.54) is 32.7 Å². The number of esters is 1. The van der Waals surface area contributed by atoms with Crippen molar-refractivity contribution in [3.8, 4) is 22.6 Å². The minimum atomic E-state index is -4.62. The molecule has 1 N–H and O–H groups in total. The zero-order valence-electron chi connectivity index (χ0n) is 25.5. The molecule has 0 amide bonds. The Morgan fingerprint density at radius 3 is 2.17 bits per heavy atom. The van der Waals surface area contributed by atoms with Gasteiger partial charge in [0.05, 0.1) is 5.56 Å². The maximum Gasteiger partial charge on any atom is 0.352 e. The summed E-state index contributed by atoms with van der Waals surface area (Å²) >= 11 is 2.39. The molecule has 0 aliphatic heterocycles. The van der Waals surface area contributed by atoms with Crippen LogP contribution in [0.3, 0.4) is 0 Å². The van der Waals surface area contributed by atoms with Crippen LogP contribution in [0.25, 0.3) is 32.0 Å². The number of fused-ring (bicyclic) bond motifs is 2. The highest BCUT2D eigenvalue weighted by atomic mass is 32.3. The Labute approximate surface area is 274 Å². The fraction of sp³-hybridized carbons (Fsp3) is 0.167. The van der Waals surface area contributed by atoms with Crippen LogP contribution in [0.5, 0.6) is 11.5 Å². The van der Waals surface area contributed by atoms with Crippen molar-refractivity contribution in [1.82, 2.24) is 0 Å². The topological polar surface area (TPSA) is 107 Å². The third-order valence-electron chi connectivity index (χ3n) is 8.04. The molecule has 46 heavy (non-hydrogen) atoms. The number of hydrogen-bond donors (Lipinski definition) is 1. The third kappa shape index (κ3) is 5.57. The lowest BCUT2D eigenvalue weighted by atomic mass is 9.90. The van der Waals surface area contributed by atoms with Crippen molar-refractivity contribution >= 4 is 65.6 Å². The summed E-state index contributed by atoms with van der Waals surface area (Å²) in [6.45, 7) is 8.11. The highest BCUT2D eigenvalue weighted by molar-refractivity contribution is 7.89. The van der Waals surface area contributed by atoms with E-state index in [0.29, 0.717) is 35.3 Å². The highest BCUT2D eigenvalue weighted by Crippen LogP contribution is 2.45. The van der Waals surface area contributed by atoms with Crippen LogP contribution in [-0.2, 0) is 23.0 Å². The fourth-order valence-electron chi connectivity index (χ4n) is 5.64. The largest absolute Gasteiger partial charge is 0.478 e. The first-order valence-corrected chi connectivity index (χ1v) is 17.8. The van der Waals surface area contributed by atoms with E-state index in [0.717, 1.165) is 27.3 Å². The van der Waals surface area contributed by atoms with E-state index in [1.54, 1.807) is 29.5 Å². The van der Waals surface area contributed by atoms with Gasteiger partial charge in [0.1, 0.15) is 11.3 Å². The second kappa shape index (κ2) is 12.4. The Kier molecular flexibility index (Phi) is 8.45. The summed E-state index contributed by atoms with van der Waals surface area (Å²) in [4.78, 5) is 26.1. The Balaban J connectivity index is 1.47. The van der Waals surface area contributed by atoms with Crippen LogP contribution in [0, 0.1) is 13.8 Å². The van der Waals surface area contributed by atoms with Gasteiger partial charge < -0.3 is 14.0 Å². The zero-order chi connectivity index (χ0) is 32.7. The Morgan fingerprint density at radius 1 is 0.870 bits per heavy atom. The van der Waals surface area contributed by atoms with E-state index in [9.17, 15) is 23.1 Å². The lowest BCUT2D eigenvalue weighted by Crippen LogP contribution is -2.16. The molecule has 234 valence electrons. The van der Waals surface area contributed by atoms with Crippen molar-refractivity contribution in [1.29, 1.82) is 0 Å². The number of thiophene rings is 2. The first kappa shape index (κ1) is 31.5. The molecule has 0 aliphatic carbocycles. The van der Waals surface area contributed by atoms with Crippen molar-refractivity contribution in [2.24, 2.45) is 0 Å². The molecule has 2 aromatic heterocycles. The van der Waals surface area contributed by atoms with E-state index < -0.39 is 37.6 Å². The quantitative estimate of drug-likeness (QED) is 0.121. The molecular formula is C36H30O7S3. The Hall–Kier alpha value is -4.51. The van der Waals surface area contributed by atoms with Crippen molar-refractivity contribution < 1.29 is 32.0 Å². The predicted octanol–water partition coefficient (Wildman–Crippen LogP) is 9.21. The number of aryl methyl sites for hydroxylation is 4. The van der Waals surface area contributed by atoms with Gasteiger partial charge in [0.15, 0.2) is 5.75 Å². The normalized spacial score (nSPS) is 11.7. The summed E-state index contributed by atoms with van der Waals surface area (Å²) in [5.41, 5.74) is 4.33. The molecule has 2 heterocycles. The van der Waals surface area contributed by atoms with Crippen molar-refractivity contribution in [2.75, 3.05) is 0 Å². The standard InChI is InChI=1S/C36H30O7S3/c1-5-22-16-26(31-27-15-11-10-14-25(27)18-29-30(31)20(3)21(4)45-29)17-23(6-2)32(22)43-46(40,41)36-33(28(19-44-36)34(37)38)42-35(39)24-12-8-7-9-13-24/h7-19H,5-6H2,1-4H3,(H,37,38). The molecule has 6 rings (SSSR count). The van der Waals surface area contributed by atoms with E-state index in [1.807, 2.05) is 38.1 Å². The van der Waals surface area contributed by atoms with Gasteiger partial charge in [0.25, 0.3) is 0 Å². The van der Waals surface area contributed by atoms with Crippen LogP contribution < -0.4 is 8.92 Å². The number of carbonyl (C=O) groups excluding carboxylic acids is 1. The number of carbonyl (C=O) groups is 2. The first-order chi connectivity index (χ1) is 22.0. The van der Waals surface area contributed by atoms with Gasteiger partial charge in [-0.05, 0) is 95.6 Å². The van der Waals surface area contributed by atoms with Crippen LogP contribution >= 0.6 is 22.7 Å². The van der Waals surface area contributed by atoms with Crippen LogP contribution in [0.15, 0.2) is 82.4 Å². The molecule has 0 saturated carbocycles. The molecule has 0 unspecified atom stereocenters. The van der Waals surface area contributed by atoms with Crippen LogP contribution in [0.2, 0.25) is 0 Å². The van der Waals surface area contributed by atoms with E-state index >= 15 is 0 Å². The molecule has 6 aromatic rings. The molecular weight excluding hydrogens is 641 g/mol. The molecule has 4 aromatic carbocycles. The minimum absolute atomic E-state index is 0.144. The van der Waals surface area contributed by atoms with E-state index in [4.69, 9.17) is 8.92 Å². The molecule has 0 bridgehead atoms. The lowest BCUT2D eigenvalue weighted by molar-refractivity contribution is 0.0681. The van der Waals surface area contributed by atoms with Gasteiger partial charge in [-0.25, -0.2) is 9.59 Å². The number of benzene rings is 4. The van der Waals surface area contributed by atoms with Gasteiger partial charge in [0.2, 0.25) is 4.21 Å². The summed E-state index contributed by atoms with van der Waals surface area (Å²) in [6, 6.07) is 22.4. The molecule has 10 heteroatoms. The Morgan fingerprint density at radius 2 is 1.52 bits per heavy atom. The van der Waals surface area contributed by atoms with Crippen molar-refractivity contribution in [3.63, 3.8) is 0 Å². The molecule has 0 spiro atoms. The number of hydrogen-bond acceptors (Lipinski definition) is 8. The average molecular weight is 671 g/mol. The number of aromatic carboxylic acids is 1. The second-order valence-electron chi connectivity index (χ2n) is 10.8. The molecule has 0 aliphatic rings. The predicted molar refractivity (Wildman–Crippen MR) is 183 cm³/mol. The molecule has 7 nitrogen and oxygen atoms in total. The SMILES string of the molecule is CCc1cc(-c2c3ccccc3cc3sc(C)c(C)c23)cc(CC)c1OS(=O)(=O)c1scc(C(=O)O)c1OC(=O)c1ccccc1. The summed E-state index contributed by atoms with van der Waals surface area (Å²) in [5.74, 6) is -2.69. The van der Waals surface area contributed by atoms with Gasteiger partial charge in [0, 0.05) is 20.3 Å². The summed E-state index contributed by atoms with van der Waals surface area (Å²) in [5, 5.41) is 14.3. The van der Waals surface area contributed by atoms with Gasteiger partial charge in [-0.1, -0.05) is 56.3 Å². The zero-order valence-corrected chi connectivity index (χ0v) is 28.0. The van der Waals surface area contributed by atoms with Gasteiger partial charge in [-0.3, -0.25) is 0 Å². The lowest BCUT2D eigenvalue weighted by Gasteiger charge is -2.18. The minimum Gasteiger partial charge on any atom is -0.478 e. The van der Waals surface area contributed by atoms with Gasteiger partial charge in [-0.15, -0.1) is 22.7 Å². The number of ether oxygens (including phenoxy) is 1. The number of carboxylic acid groups (broad SMARTS) is 1. The van der Waals surface area contributed by atoms with Crippen LogP contribution in [-0.4, -0.2) is 25.5 Å². The Bertz CT molecular complexity index is 2240. The van der Waals surface area contributed by atoms with Crippen LogP contribution in [0.4, 0.5) is 0 Å². The summed E-state index contributed by atoms with van der Waals surface area (Å²) in [6.07, 6.45) is 0.948. The fourth-order valence-corrected chi connectivity index (χ4v) is 9.07. The van der Waals surface area contributed by atoms with Gasteiger partial charge >= 0.3 is 22.1 Å². The first-order valence-electron chi connectivity index (χ1n) is 14.7. The van der Waals surface area contributed by atoms with E-state index in [2.05, 4.69) is 32.0 Å². The smallest absolute Gasteiger partial charge is 0.352 e. The summed E-state index contributed by atoms with van der Waals surface area (Å²) in [7, 11) is -4.62. The number of carboxylic acids is 1. The highest BCUT2D eigenvalue weighted by Gasteiger charge is 2.33. The summed E-state index contributed by atoms with van der Waals surface area (Å²) < 4.78 is 39.7. The molecule has 0 radical (unpaired) electrons. The molecule has 0 saturated heterocycles. The maximum atomic E-state index is 13.9. The average Bonchev–Trinajstić information content (AvgIpc) is 3.60. The van der Waals surface area contributed by atoms with E-state index in [-0.39, 0.29) is 11.3 Å². The monoisotopic (exact) mass is 670 g/mol. The van der Waals surface area contributed by atoms with Gasteiger partial charge in [-0.2, -0.15) is 8.42 Å².